The van der Waals surface area contributed by atoms with Crippen LogP contribution in [0, 0.1) is 0 Å². The van der Waals surface area contributed by atoms with Gasteiger partial charge in [0.05, 0.1) is 13.2 Å². The van der Waals surface area contributed by atoms with Crippen molar-refractivity contribution >= 4 is 8.80 Å². The molecule has 1 rings (SSSR count). The Morgan fingerprint density at radius 3 is 2.14 bits per heavy atom. The Morgan fingerprint density at radius 1 is 1.09 bits per heavy atom. The van der Waals surface area contributed by atoms with Crippen molar-refractivity contribution in [2.45, 2.75) is 39.3 Å². The average molecular weight is 327 g/mol. The van der Waals surface area contributed by atoms with Crippen molar-refractivity contribution in [2.24, 2.45) is 5.73 Å². The summed E-state index contributed by atoms with van der Waals surface area (Å²) in [6.07, 6.45) is 0.732. The molecule has 0 fully saturated rings. The lowest BCUT2D eigenvalue weighted by atomic mass is 10.1. The summed E-state index contributed by atoms with van der Waals surface area (Å²) < 4.78 is 23.3. The lowest BCUT2D eigenvalue weighted by Gasteiger charge is -2.32. The predicted octanol–water partition coefficient (Wildman–Crippen LogP) is 3.13. The summed E-state index contributed by atoms with van der Waals surface area (Å²) in [5.74, 6) is 0.831. The lowest BCUT2D eigenvalue weighted by molar-refractivity contribution is 0.0375. The van der Waals surface area contributed by atoms with Crippen molar-refractivity contribution in [3.8, 4) is 5.75 Å². The van der Waals surface area contributed by atoms with Gasteiger partial charge in [0.15, 0.2) is 0 Å². The van der Waals surface area contributed by atoms with Crippen molar-refractivity contribution in [3.05, 3.63) is 29.8 Å². The number of nitrogens with two attached hydrogens (primary N) is 1. The van der Waals surface area contributed by atoms with Gasteiger partial charge in [-0.25, -0.2) is 0 Å². The highest BCUT2D eigenvalue weighted by molar-refractivity contribution is 6.60. The summed E-state index contributed by atoms with van der Waals surface area (Å²) >= 11 is 0. The standard InChI is InChI=1S/C16H29NO4Si/c1-5-19-22(20-6-2,13-7-12-17)21-14(3)15-8-10-16(18-4)11-9-15/h8-11,14H,5-7,12-13,17H2,1-4H3. The monoisotopic (exact) mass is 327 g/mol. The van der Waals surface area contributed by atoms with E-state index < -0.39 is 8.80 Å². The Morgan fingerprint density at radius 2 is 1.68 bits per heavy atom. The van der Waals surface area contributed by atoms with Crippen LogP contribution in [0.3, 0.4) is 0 Å². The molecule has 0 saturated heterocycles. The van der Waals surface area contributed by atoms with Crippen LogP contribution < -0.4 is 10.5 Å². The second kappa shape index (κ2) is 9.97. The minimum Gasteiger partial charge on any atom is -0.497 e. The quantitative estimate of drug-likeness (QED) is 0.633. The van der Waals surface area contributed by atoms with Gasteiger partial charge in [0, 0.05) is 19.3 Å². The van der Waals surface area contributed by atoms with Gasteiger partial charge in [-0.3, -0.25) is 0 Å². The zero-order valence-corrected chi connectivity index (χ0v) is 15.1. The third kappa shape index (κ3) is 5.70. The van der Waals surface area contributed by atoms with Crippen LogP contribution in [0.15, 0.2) is 24.3 Å². The second-order valence-corrected chi connectivity index (χ2v) is 7.65. The molecule has 1 unspecified atom stereocenters. The van der Waals surface area contributed by atoms with Crippen LogP contribution >= 0.6 is 0 Å². The summed E-state index contributed by atoms with van der Waals surface area (Å²) in [6.45, 7) is 7.70. The third-order valence-electron chi connectivity index (χ3n) is 3.36. The Labute approximate surface area is 135 Å². The van der Waals surface area contributed by atoms with Gasteiger partial charge in [-0.15, -0.1) is 0 Å². The topological polar surface area (TPSA) is 62.9 Å². The highest BCUT2D eigenvalue weighted by atomic mass is 28.4. The second-order valence-electron chi connectivity index (χ2n) is 4.97. The number of ether oxygens (including phenoxy) is 1. The first-order valence-electron chi connectivity index (χ1n) is 7.90. The van der Waals surface area contributed by atoms with Gasteiger partial charge in [-0.05, 0) is 51.4 Å². The van der Waals surface area contributed by atoms with E-state index in [9.17, 15) is 0 Å². The van der Waals surface area contributed by atoms with Gasteiger partial charge < -0.3 is 23.7 Å². The van der Waals surface area contributed by atoms with Crippen LogP contribution in [0.2, 0.25) is 6.04 Å². The van der Waals surface area contributed by atoms with Crippen molar-refractivity contribution in [1.29, 1.82) is 0 Å². The van der Waals surface area contributed by atoms with E-state index in [1.807, 2.05) is 45.0 Å². The van der Waals surface area contributed by atoms with Gasteiger partial charge in [-0.1, -0.05) is 12.1 Å². The molecule has 0 saturated carbocycles. The minimum absolute atomic E-state index is 0.103. The molecule has 0 spiro atoms. The summed E-state index contributed by atoms with van der Waals surface area (Å²) in [7, 11) is -1.04. The van der Waals surface area contributed by atoms with Crippen LogP contribution in [-0.4, -0.2) is 35.7 Å². The molecule has 5 nitrogen and oxygen atoms in total. The average Bonchev–Trinajstić information content (AvgIpc) is 2.53. The smallest absolute Gasteiger partial charge is 0.497 e. The zero-order chi connectivity index (χ0) is 16.4. The molecule has 0 radical (unpaired) electrons. The molecule has 0 aliphatic carbocycles. The van der Waals surface area contributed by atoms with E-state index in [0.717, 1.165) is 23.8 Å². The van der Waals surface area contributed by atoms with E-state index in [-0.39, 0.29) is 6.10 Å². The predicted molar refractivity (Wildman–Crippen MR) is 90.0 cm³/mol. The highest BCUT2D eigenvalue weighted by Crippen LogP contribution is 2.28. The van der Waals surface area contributed by atoms with E-state index in [0.29, 0.717) is 19.8 Å². The summed E-state index contributed by atoms with van der Waals surface area (Å²) in [6, 6.07) is 8.61. The number of hydrogen-bond acceptors (Lipinski definition) is 5. The zero-order valence-electron chi connectivity index (χ0n) is 14.1. The molecule has 126 valence electrons. The first kappa shape index (κ1) is 19.1. The first-order chi connectivity index (χ1) is 10.6. The van der Waals surface area contributed by atoms with E-state index in [4.69, 9.17) is 23.7 Å². The number of benzene rings is 1. The maximum atomic E-state index is 6.28. The lowest BCUT2D eigenvalue weighted by Crippen LogP contribution is -2.46. The Hall–Kier alpha value is -0.923. The molecule has 2 N–H and O–H groups in total. The SMILES string of the molecule is CCO[Si](CCCN)(OCC)OC(C)c1ccc(OC)cc1. The summed E-state index contributed by atoms with van der Waals surface area (Å²) in [5.41, 5.74) is 6.72. The van der Waals surface area contributed by atoms with Crippen LogP contribution in [-0.2, 0) is 13.3 Å². The van der Waals surface area contributed by atoms with Crippen LogP contribution in [0.4, 0.5) is 0 Å². The first-order valence-corrected chi connectivity index (χ1v) is 9.83. The van der Waals surface area contributed by atoms with Gasteiger partial charge >= 0.3 is 8.80 Å². The van der Waals surface area contributed by atoms with E-state index in [1.165, 1.54) is 0 Å². The van der Waals surface area contributed by atoms with E-state index in [1.54, 1.807) is 7.11 Å². The molecule has 22 heavy (non-hydrogen) atoms. The molecule has 0 bridgehead atoms. The Balaban J connectivity index is 2.84. The molecular weight excluding hydrogens is 298 g/mol. The third-order valence-corrected chi connectivity index (χ3v) is 6.49. The normalized spacial score (nSPS) is 13.1. The molecule has 0 aliphatic heterocycles. The molecule has 1 aromatic carbocycles. The summed E-state index contributed by atoms with van der Waals surface area (Å²) in [5, 5.41) is 0. The Bertz CT molecular complexity index is 407. The summed E-state index contributed by atoms with van der Waals surface area (Å²) in [4.78, 5) is 0. The molecule has 1 atom stereocenters. The molecule has 0 heterocycles. The van der Waals surface area contributed by atoms with Crippen molar-refractivity contribution in [3.63, 3.8) is 0 Å². The fourth-order valence-electron chi connectivity index (χ4n) is 2.28. The van der Waals surface area contributed by atoms with Gasteiger partial charge in [-0.2, -0.15) is 0 Å². The van der Waals surface area contributed by atoms with Crippen LogP contribution in [0.1, 0.15) is 38.9 Å². The van der Waals surface area contributed by atoms with Gasteiger partial charge in [0.2, 0.25) is 0 Å². The molecular formula is C16H29NO4Si. The van der Waals surface area contributed by atoms with E-state index in [2.05, 4.69) is 0 Å². The van der Waals surface area contributed by atoms with Crippen molar-refractivity contribution in [2.75, 3.05) is 26.9 Å². The molecule has 6 heteroatoms. The fourth-order valence-corrected chi connectivity index (χ4v) is 5.10. The minimum atomic E-state index is -2.70. The van der Waals surface area contributed by atoms with Gasteiger partial charge in [0.25, 0.3) is 0 Å². The Kier molecular flexibility index (Phi) is 8.66. The molecule has 0 amide bonds. The maximum Gasteiger partial charge on any atom is 0.501 e. The van der Waals surface area contributed by atoms with Crippen LogP contribution in [0.25, 0.3) is 0 Å². The van der Waals surface area contributed by atoms with Crippen LogP contribution in [0.5, 0.6) is 5.75 Å². The number of rotatable bonds is 11. The maximum absolute atomic E-state index is 6.28. The van der Waals surface area contributed by atoms with E-state index >= 15 is 0 Å². The van der Waals surface area contributed by atoms with Gasteiger partial charge in [0.1, 0.15) is 5.75 Å². The molecule has 0 aromatic heterocycles. The number of methoxy groups -OCH3 is 1. The largest absolute Gasteiger partial charge is 0.501 e. The van der Waals surface area contributed by atoms with Crippen molar-refractivity contribution in [1.82, 2.24) is 0 Å². The fraction of sp³-hybridized carbons (Fsp3) is 0.625. The molecule has 0 aliphatic rings. The molecule has 1 aromatic rings. The van der Waals surface area contributed by atoms with Crippen molar-refractivity contribution < 1.29 is 18.0 Å². The highest BCUT2D eigenvalue weighted by Gasteiger charge is 2.41. The number of hydrogen-bond donors (Lipinski definition) is 1.